The Morgan fingerprint density at radius 3 is 2.87 bits per heavy atom. The van der Waals surface area contributed by atoms with Crippen LogP contribution in [0.25, 0.3) is 0 Å². The minimum atomic E-state index is 0.00602. The van der Waals surface area contributed by atoms with Gasteiger partial charge in [0.1, 0.15) is 0 Å². The molecule has 1 N–H and O–H groups in total. The lowest BCUT2D eigenvalue weighted by molar-refractivity contribution is 0.0949. The molecule has 0 bridgehead atoms. The van der Waals surface area contributed by atoms with Gasteiger partial charge < -0.3 is 5.32 Å². The highest BCUT2D eigenvalue weighted by Crippen LogP contribution is 2.04. The summed E-state index contributed by atoms with van der Waals surface area (Å²) in [4.78, 5) is 11.7. The Bertz CT molecular complexity index is 338. The quantitative estimate of drug-likeness (QED) is 0.837. The number of hydrogen-bond acceptors (Lipinski definition) is 1. The van der Waals surface area contributed by atoms with Gasteiger partial charge >= 0.3 is 0 Å². The van der Waals surface area contributed by atoms with Gasteiger partial charge in [-0.05, 0) is 25.0 Å². The van der Waals surface area contributed by atoms with Gasteiger partial charge in [-0.25, -0.2) is 0 Å². The molecule has 2 nitrogen and oxygen atoms in total. The number of halogens is 1. The molecule has 0 radical (unpaired) electrons. The number of aryl methyl sites for hydroxylation is 1. The molecule has 1 unspecified atom stereocenters. The molecule has 0 aliphatic carbocycles. The Labute approximate surface area is 99.2 Å². The van der Waals surface area contributed by atoms with Gasteiger partial charge in [-0.15, -0.1) is 0 Å². The molecule has 1 aromatic carbocycles. The fraction of sp³-hybridized carbons (Fsp3) is 0.417. The molecule has 0 saturated heterocycles. The standard InChI is InChI=1S/C12H16BrNO/c1-9-4-3-5-11(6-9)12(15)14-8-10(2)7-13/h3-6,10H,7-8H2,1-2H3,(H,14,15). The number of carbonyl (C=O) groups is 1. The van der Waals surface area contributed by atoms with Crippen LogP contribution in [0.3, 0.4) is 0 Å². The summed E-state index contributed by atoms with van der Waals surface area (Å²) in [5.74, 6) is 0.463. The molecule has 0 aliphatic rings. The minimum absolute atomic E-state index is 0.00602. The number of rotatable bonds is 4. The molecule has 0 saturated carbocycles. The SMILES string of the molecule is Cc1cccc(C(=O)NCC(C)CBr)c1. The maximum absolute atomic E-state index is 11.7. The van der Waals surface area contributed by atoms with Crippen LogP contribution in [0.2, 0.25) is 0 Å². The van der Waals surface area contributed by atoms with Crippen molar-refractivity contribution in [2.75, 3.05) is 11.9 Å². The zero-order valence-electron chi connectivity index (χ0n) is 9.09. The first-order valence-electron chi connectivity index (χ1n) is 5.04. The van der Waals surface area contributed by atoms with E-state index in [1.54, 1.807) is 0 Å². The third kappa shape index (κ3) is 4.04. The maximum Gasteiger partial charge on any atom is 0.251 e. The smallest absolute Gasteiger partial charge is 0.251 e. The zero-order chi connectivity index (χ0) is 11.3. The zero-order valence-corrected chi connectivity index (χ0v) is 10.7. The topological polar surface area (TPSA) is 29.1 Å². The van der Waals surface area contributed by atoms with E-state index in [1.807, 2.05) is 31.2 Å². The molecule has 0 fully saturated rings. The van der Waals surface area contributed by atoms with Gasteiger partial charge in [0.15, 0.2) is 0 Å². The summed E-state index contributed by atoms with van der Waals surface area (Å²) in [6, 6.07) is 7.62. The van der Waals surface area contributed by atoms with Crippen LogP contribution in [0.15, 0.2) is 24.3 Å². The molecular formula is C12H16BrNO. The number of nitrogens with one attached hydrogen (secondary N) is 1. The number of amides is 1. The molecule has 0 heterocycles. The lowest BCUT2D eigenvalue weighted by atomic mass is 10.1. The Morgan fingerprint density at radius 2 is 2.27 bits per heavy atom. The van der Waals surface area contributed by atoms with E-state index in [1.165, 1.54) is 0 Å². The largest absolute Gasteiger partial charge is 0.352 e. The monoisotopic (exact) mass is 269 g/mol. The van der Waals surface area contributed by atoms with Crippen molar-refractivity contribution in [1.29, 1.82) is 0 Å². The first-order chi connectivity index (χ1) is 7.13. The average molecular weight is 270 g/mol. The van der Waals surface area contributed by atoms with E-state index in [2.05, 4.69) is 28.2 Å². The number of alkyl halides is 1. The Balaban J connectivity index is 2.54. The van der Waals surface area contributed by atoms with Crippen molar-refractivity contribution in [2.24, 2.45) is 5.92 Å². The second-order valence-electron chi connectivity index (χ2n) is 3.84. The number of hydrogen-bond donors (Lipinski definition) is 1. The summed E-state index contributed by atoms with van der Waals surface area (Å²) in [7, 11) is 0. The fourth-order valence-electron chi connectivity index (χ4n) is 1.21. The molecule has 3 heteroatoms. The van der Waals surface area contributed by atoms with Crippen LogP contribution in [-0.4, -0.2) is 17.8 Å². The highest BCUT2D eigenvalue weighted by atomic mass is 79.9. The van der Waals surface area contributed by atoms with E-state index in [4.69, 9.17) is 0 Å². The molecular weight excluding hydrogens is 254 g/mol. The van der Waals surface area contributed by atoms with Crippen LogP contribution < -0.4 is 5.32 Å². The Morgan fingerprint density at radius 1 is 1.53 bits per heavy atom. The van der Waals surface area contributed by atoms with Gasteiger partial charge in [0.25, 0.3) is 5.91 Å². The molecule has 0 aliphatic heterocycles. The van der Waals surface area contributed by atoms with E-state index in [-0.39, 0.29) is 5.91 Å². The van der Waals surface area contributed by atoms with E-state index in [9.17, 15) is 4.79 Å². The van der Waals surface area contributed by atoms with Gasteiger partial charge in [0.2, 0.25) is 0 Å². The summed E-state index contributed by atoms with van der Waals surface area (Å²) in [5, 5.41) is 3.81. The van der Waals surface area contributed by atoms with Crippen molar-refractivity contribution < 1.29 is 4.79 Å². The summed E-state index contributed by atoms with van der Waals surface area (Å²) in [6.45, 7) is 4.78. The minimum Gasteiger partial charge on any atom is -0.352 e. The van der Waals surface area contributed by atoms with Crippen molar-refractivity contribution in [3.8, 4) is 0 Å². The van der Waals surface area contributed by atoms with E-state index < -0.39 is 0 Å². The molecule has 82 valence electrons. The lowest BCUT2D eigenvalue weighted by Gasteiger charge is -2.09. The second kappa shape index (κ2) is 5.91. The van der Waals surface area contributed by atoms with Gasteiger partial charge in [-0.3, -0.25) is 4.79 Å². The molecule has 0 aromatic heterocycles. The number of carbonyl (C=O) groups excluding carboxylic acids is 1. The Kier molecular flexibility index (Phi) is 4.82. The van der Waals surface area contributed by atoms with Crippen LogP contribution in [0.5, 0.6) is 0 Å². The van der Waals surface area contributed by atoms with Gasteiger partial charge in [-0.1, -0.05) is 40.5 Å². The van der Waals surface area contributed by atoms with E-state index in [0.29, 0.717) is 12.5 Å². The summed E-state index contributed by atoms with van der Waals surface area (Å²) < 4.78 is 0. The number of benzene rings is 1. The summed E-state index contributed by atoms with van der Waals surface area (Å²) >= 11 is 3.38. The van der Waals surface area contributed by atoms with Crippen LogP contribution in [0.1, 0.15) is 22.8 Å². The van der Waals surface area contributed by atoms with Crippen molar-refractivity contribution >= 4 is 21.8 Å². The van der Waals surface area contributed by atoms with Gasteiger partial charge in [0, 0.05) is 17.4 Å². The average Bonchev–Trinajstić information content (AvgIpc) is 2.25. The first-order valence-corrected chi connectivity index (χ1v) is 6.16. The van der Waals surface area contributed by atoms with Crippen LogP contribution in [0, 0.1) is 12.8 Å². The van der Waals surface area contributed by atoms with Crippen molar-refractivity contribution in [2.45, 2.75) is 13.8 Å². The van der Waals surface area contributed by atoms with Crippen LogP contribution >= 0.6 is 15.9 Å². The molecule has 1 rings (SSSR count). The molecule has 15 heavy (non-hydrogen) atoms. The van der Waals surface area contributed by atoms with Gasteiger partial charge in [-0.2, -0.15) is 0 Å². The third-order valence-corrected chi connectivity index (χ3v) is 3.26. The van der Waals surface area contributed by atoms with Gasteiger partial charge in [0.05, 0.1) is 0 Å². The second-order valence-corrected chi connectivity index (χ2v) is 4.49. The highest BCUT2D eigenvalue weighted by molar-refractivity contribution is 9.09. The maximum atomic E-state index is 11.7. The van der Waals surface area contributed by atoms with Crippen molar-refractivity contribution in [3.63, 3.8) is 0 Å². The van der Waals surface area contributed by atoms with Crippen molar-refractivity contribution in [3.05, 3.63) is 35.4 Å². The lowest BCUT2D eigenvalue weighted by Crippen LogP contribution is -2.28. The van der Waals surface area contributed by atoms with Crippen LogP contribution in [0.4, 0.5) is 0 Å². The van der Waals surface area contributed by atoms with Crippen molar-refractivity contribution in [1.82, 2.24) is 5.32 Å². The molecule has 1 aromatic rings. The highest BCUT2D eigenvalue weighted by Gasteiger charge is 2.06. The molecule has 1 atom stereocenters. The van der Waals surface area contributed by atoms with E-state index in [0.717, 1.165) is 16.5 Å². The predicted octanol–water partition coefficient (Wildman–Crippen LogP) is 2.76. The Hall–Kier alpha value is -0.830. The van der Waals surface area contributed by atoms with Crippen LogP contribution in [-0.2, 0) is 0 Å². The van der Waals surface area contributed by atoms with E-state index >= 15 is 0 Å². The fourth-order valence-corrected chi connectivity index (χ4v) is 1.44. The third-order valence-electron chi connectivity index (χ3n) is 2.15. The first kappa shape index (κ1) is 12.2. The predicted molar refractivity (Wildman–Crippen MR) is 66.5 cm³/mol. The molecule has 0 spiro atoms. The summed E-state index contributed by atoms with van der Waals surface area (Å²) in [5.41, 5.74) is 1.84. The molecule has 1 amide bonds. The summed E-state index contributed by atoms with van der Waals surface area (Å²) in [6.07, 6.45) is 0. The normalized spacial score (nSPS) is 12.2.